The molecule has 2 rings (SSSR count). The first-order chi connectivity index (χ1) is 17.2. The Balaban J connectivity index is 2.31. The minimum Gasteiger partial charge on any atom is -0.466 e. The lowest BCUT2D eigenvalue weighted by Crippen LogP contribution is -2.33. The molecule has 15 heteroatoms. The molecule has 2 aromatic rings. The van der Waals surface area contributed by atoms with Gasteiger partial charge in [0.2, 0.25) is 5.75 Å². The standard InChI is InChI=1S/C22H18F5N3O7/c1-3-35-19(31)8-9-29(2)37-20(32)16-11-15(6-4-13(16)12-28)36-18-7-5-14(10-17(18)30(33)34)21(23,24)22(25,26)27/h4-7,10-11H,3,8-9H2,1-2H3. The molecular weight excluding hydrogens is 513 g/mol. The van der Waals surface area contributed by atoms with Crippen LogP contribution >= 0.6 is 0 Å². The van der Waals surface area contributed by atoms with Crippen LogP contribution in [-0.2, 0) is 20.3 Å². The zero-order valence-electron chi connectivity index (χ0n) is 19.2. The highest BCUT2D eigenvalue weighted by Crippen LogP contribution is 2.46. The molecule has 0 aliphatic carbocycles. The van der Waals surface area contributed by atoms with Gasteiger partial charge in [0.1, 0.15) is 11.8 Å². The third-order valence-corrected chi connectivity index (χ3v) is 4.61. The lowest BCUT2D eigenvalue weighted by Gasteiger charge is -2.20. The smallest absolute Gasteiger partial charge is 0.458 e. The third-order valence-electron chi connectivity index (χ3n) is 4.61. The van der Waals surface area contributed by atoms with Crippen LogP contribution in [0.2, 0.25) is 0 Å². The molecule has 37 heavy (non-hydrogen) atoms. The number of ether oxygens (including phenoxy) is 2. The number of benzene rings is 2. The van der Waals surface area contributed by atoms with Crippen LogP contribution in [0.15, 0.2) is 36.4 Å². The molecule has 0 N–H and O–H groups in total. The molecule has 0 amide bonds. The number of nitro groups is 1. The van der Waals surface area contributed by atoms with E-state index in [4.69, 9.17) is 14.3 Å². The van der Waals surface area contributed by atoms with E-state index in [0.717, 1.165) is 23.3 Å². The van der Waals surface area contributed by atoms with Crippen molar-refractivity contribution >= 4 is 17.6 Å². The Bertz CT molecular complexity index is 1230. The highest BCUT2D eigenvalue weighted by Gasteiger charge is 2.59. The molecule has 0 radical (unpaired) electrons. The largest absolute Gasteiger partial charge is 0.466 e. The minimum atomic E-state index is -5.99. The summed E-state index contributed by atoms with van der Waals surface area (Å²) in [7, 11) is 1.32. The molecule has 0 spiro atoms. The van der Waals surface area contributed by atoms with Gasteiger partial charge >= 0.3 is 29.7 Å². The molecule has 0 fully saturated rings. The van der Waals surface area contributed by atoms with Crippen LogP contribution in [0, 0.1) is 21.4 Å². The van der Waals surface area contributed by atoms with Gasteiger partial charge in [0.15, 0.2) is 0 Å². The van der Waals surface area contributed by atoms with E-state index in [9.17, 15) is 46.9 Å². The topological polar surface area (TPSA) is 132 Å². The number of alkyl halides is 5. The summed E-state index contributed by atoms with van der Waals surface area (Å²) in [6, 6.07) is 5.79. The summed E-state index contributed by atoms with van der Waals surface area (Å²) in [6.45, 7) is 1.72. The lowest BCUT2D eigenvalue weighted by atomic mass is 10.1. The summed E-state index contributed by atoms with van der Waals surface area (Å²) in [5.41, 5.74) is -3.42. The van der Waals surface area contributed by atoms with Crippen molar-refractivity contribution in [3.05, 3.63) is 63.2 Å². The summed E-state index contributed by atoms with van der Waals surface area (Å²) in [5.74, 6) is -7.97. The van der Waals surface area contributed by atoms with Gasteiger partial charge in [0, 0.05) is 25.2 Å². The SMILES string of the molecule is CCOC(=O)CCN(C)OC(=O)c1cc(Oc2ccc(C(F)(F)C(F)(F)F)cc2[N+](=O)[O-])ccc1C#N. The number of carbonyl (C=O) groups is 2. The van der Waals surface area contributed by atoms with E-state index in [0.29, 0.717) is 12.1 Å². The fourth-order valence-electron chi connectivity index (χ4n) is 2.80. The third kappa shape index (κ3) is 7.10. The summed E-state index contributed by atoms with van der Waals surface area (Å²) < 4.78 is 75.2. The van der Waals surface area contributed by atoms with Crippen LogP contribution in [0.1, 0.15) is 34.8 Å². The van der Waals surface area contributed by atoms with Crippen molar-refractivity contribution in [1.82, 2.24) is 5.06 Å². The Morgan fingerprint density at radius 1 is 1.14 bits per heavy atom. The van der Waals surface area contributed by atoms with Gasteiger partial charge in [-0.15, -0.1) is 5.06 Å². The van der Waals surface area contributed by atoms with E-state index in [2.05, 4.69) is 0 Å². The Kier molecular flexibility index (Phi) is 9.07. The fourth-order valence-corrected chi connectivity index (χ4v) is 2.80. The monoisotopic (exact) mass is 531 g/mol. The maximum absolute atomic E-state index is 13.6. The number of hydroxylamine groups is 2. The van der Waals surface area contributed by atoms with Crippen molar-refractivity contribution in [3.8, 4) is 17.6 Å². The van der Waals surface area contributed by atoms with E-state index in [1.807, 2.05) is 0 Å². The predicted molar refractivity (Wildman–Crippen MR) is 114 cm³/mol. The van der Waals surface area contributed by atoms with Crippen LogP contribution in [0.25, 0.3) is 0 Å². The first-order valence-corrected chi connectivity index (χ1v) is 10.3. The number of rotatable bonds is 10. The Hall–Kier alpha value is -4.32. The molecule has 0 saturated carbocycles. The molecule has 0 aliphatic rings. The zero-order valence-corrected chi connectivity index (χ0v) is 19.2. The predicted octanol–water partition coefficient (Wildman–Crippen LogP) is 4.87. The fraction of sp³-hybridized carbons (Fsp3) is 0.318. The van der Waals surface area contributed by atoms with Crippen LogP contribution in [0.5, 0.6) is 11.5 Å². The van der Waals surface area contributed by atoms with Gasteiger partial charge in [0.05, 0.1) is 29.1 Å². The summed E-state index contributed by atoms with van der Waals surface area (Å²) >= 11 is 0. The van der Waals surface area contributed by atoms with Gasteiger partial charge in [-0.2, -0.15) is 27.2 Å². The van der Waals surface area contributed by atoms with Crippen LogP contribution in [0.3, 0.4) is 0 Å². The number of hydrogen-bond donors (Lipinski definition) is 0. The molecule has 0 bridgehead atoms. The van der Waals surface area contributed by atoms with Gasteiger partial charge in [0.25, 0.3) is 0 Å². The van der Waals surface area contributed by atoms with E-state index in [-0.39, 0.29) is 42.5 Å². The molecule has 0 heterocycles. The maximum atomic E-state index is 13.6. The van der Waals surface area contributed by atoms with Crippen molar-refractivity contribution < 1.29 is 50.8 Å². The Labute approximate surface area is 205 Å². The highest BCUT2D eigenvalue weighted by atomic mass is 19.4. The van der Waals surface area contributed by atoms with Crippen LogP contribution < -0.4 is 4.74 Å². The van der Waals surface area contributed by atoms with Gasteiger partial charge in [-0.25, -0.2) is 4.79 Å². The molecule has 10 nitrogen and oxygen atoms in total. The second kappa shape index (κ2) is 11.6. The summed E-state index contributed by atoms with van der Waals surface area (Å²) in [6.07, 6.45) is -6.10. The van der Waals surface area contributed by atoms with E-state index < -0.39 is 46.0 Å². The first kappa shape index (κ1) is 28.9. The van der Waals surface area contributed by atoms with Crippen LogP contribution in [-0.4, -0.2) is 48.3 Å². The lowest BCUT2D eigenvalue weighted by molar-refractivity contribution is -0.386. The van der Waals surface area contributed by atoms with Gasteiger partial charge < -0.3 is 14.3 Å². The highest BCUT2D eigenvalue weighted by molar-refractivity contribution is 5.92. The van der Waals surface area contributed by atoms with E-state index in [1.54, 1.807) is 13.0 Å². The molecule has 0 aliphatic heterocycles. The quantitative estimate of drug-likeness (QED) is 0.182. The average molecular weight is 531 g/mol. The molecule has 198 valence electrons. The molecule has 0 atom stereocenters. The van der Waals surface area contributed by atoms with Crippen molar-refractivity contribution in [2.75, 3.05) is 20.2 Å². The Morgan fingerprint density at radius 3 is 2.38 bits per heavy atom. The van der Waals surface area contributed by atoms with Gasteiger partial charge in [-0.05, 0) is 37.3 Å². The number of nitriles is 1. The van der Waals surface area contributed by atoms with Gasteiger partial charge in [-0.3, -0.25) is 14.9 Å². The first-order valence-electron chi connectivity index (χ1n) is 10.3. The number of nitro benzene ring substituents is 1. The normalized spacial score (nSPS) is 11.5. The molecule has 2 aromatic carbocycles. The average Bonchev–Trinajstić information content (AvgIpc) is 2.82. The molecular formula is C22H18F5N3O7. The van der Waals surface area contributed by atoms with Crippen molar-refractivity contribution in [2.24, 2.45) is 0 Å². The molecule has 0 unspecified atom stereocenters. The van der Waals surface area contributed by atoms with Crippen molar-refractivity contribution in [3.63, 3.8) is 0 Å². The van der Waals surface area contributed by atoms with Gasteiger partial charge in [-0.1, -0.05) is 0 Å². The molecule has 0 saturated heterocycles. The second-order valence-electron chi connectivity index (χ2n) is 7.22. The number of carbonyl (C=O) groups excluding carboxylic acids is 2. The number of nitrogens with zero attached hydrogens (tertiary/aromatic N) is 3. The maximum Gasteiger partial charge on any atom is 0.458 e. The van der Waals surface area contributed by atoms with E-state index in [1.165, 1.54) is 7.05 Å². The van der Waals surface area contributed by atoms with Crippen molar-refractivity contribution in [1.29, 1.82) is 5.26 Å². The van der Waals surface area contributed by atoms with Crippen molar-refractivity contribution in [2.45, 2.75) is 25.4 Å². The number of esters is 1. The summed E-state index contributed by atoms with van der Waals surface area (Å²) in [4.78, 5) is 39.1. The second-order valence-corrected chi connectivity index (χ2v) is 7.22. The zero-order chi connectivity index (χ0) is 28.0. The van der Waals surface area contributed by atoms with Crippen LogP contribution in [0.4, 0.5) is 27.6 Å². The molecule has 0 aromatic heterocycles. The Morgan fingerprint density at radius 2 is 1.81 bits per heavy atom. The number of hydrogen-bond acceptors (Lipinski definition) is 9. The summed E-state index contributed by atoms with van der Waals surface area (Å²) in [5, 5.41) is 21.6. The number of halogens is 5. The minimum absolute atomic E-state index is 0.0279. The van der Waals surface area contributed by atoms with E-state index >= 15 is 0 Å².